The van der Waals surface area contributed by atoms with Crippen LogP contribution in [0.2, 0.25) is 0 Å². The molecule has 2 heterocycles. The summed E-state index contributed by atoms with van der Waals surface area (Å²) in [4.78, 5) is 15.6. The number of furan rings is 1. The van der Waals surface area contributed by atoms with E-state index in [0.717, 1.165) is 66.4 Å². The Kier molecular flexibility index (Phi) is 8.80. The van der Waals surface area contributed by atoms with Crippen LogP contribution in [-0.2, 0) is 5.41 Å². The van der Waals surface area contributed by atoms with Gasteiger partial charge < -0.3 is 4.42 Å². The number of nitrogens with zero attached hydrogens (tertiary/aromatic N) is 3. The predicted molar refractivity (Wildman–Crippen MR) is 263 cm³/mol. The molecule has 0 spiro atoms. The fraction of sp³-hybridized carbons (Fsp3) is 0.0500. The summed E-state index contributed by atoms with van der Waals surface area (Å²) in [6.07, 6.45) is 0. The number of benzene rings is 9. The Hall–Kier alpha value is -8.21. The minimum absolute atomic E-state index is 0.0943. The van der Waals surface area contributed by atoms with E-state index in [-0.39, 0.29) is 5.41 Å². The lowest BCUT2D eigenvalue weighted by Gasteiger charge is -2.21. The average molecular weight is 820 g/mol. The van der Waals surface area contributed by atoms with Crippen LogP contribution in [0.1, 0.15) is 25.0 Å². The van der Waals surface area contributed by atoms with Crippen molar-refractivity contribution in [1.82, 2.24) is 15.0 Å². The highest BCUT2D eigenvalue weighted by Crippen LogP contribution is 2.49. The lowest BCUT2D eigenvalue weighted by Crippen LogP contribution is -2.14. The number of aromatic nitrogens is 3. The van der Waals surface area contributed by atoms with Crippen molar-refractivity contribution in [2.24, 2.45) is 0 Å². The van der Waals surface area contributed by atoms with Crippen molar-refractivity contribution in [3.63, 3.8) is 0 Å². The molecule has 11 aromatic rings. The summed E-state index contributed by atoms with van der Waals surface area (Å²) in [5, 5.41) is 2.20. The molecule has 64 heavy (non-hydrogen) atoms. The second kappa shape index (κ2) is 15.0. The van der Waals surface area contributed by atoms with Crippen molar-refractivity contribution in [2.75, 3.05) is 0 Å². The molecule has 0 radical (unpaired) electrons. The fourth-order valence-corrected chi connectivity index (χ4v) is 9.65. The number of rotatable bonds is 7. The van der Waals surface area contributed by atoms with Gasteiger partial charge in [-0.15, -0.1) is 0 Å². The van der Waals surface area contributed by atoms with Gasteiger partial charge in [0.05, 0.1) is 0 Å². The molecule has 0 atom stereocenters. The molecule has 12 rings (SSSR count). The first-order valence-corrected chi connectivity index (χ1v) is 21.8. The lowest BCUT2D eigenvalue weighted by atomic mass is 9.82. The molecule has 0 bridgehead atoms. The Morgan fingerprint density at radius 1 is 0.312 bits per heavy atom. The summed E-state index contributed by atoms with van der Waals surface area (Å²) in [7, 11) is 0. The third kappa shape index (κ3) is 6.42. The summed E-state index contributed by atoms with van der Waals surface area (Å²) < 4.78 is 6.61. The van der Waals surface area contributed by atoms with Crippen molar-refractivity contribution in [3.8, 4) is 89.8 Å². The molecular formula is C60H41N3O. The van der Waals surface area contributed by atoms with Gasteiger partial charge in [0.25, 0.3) is 0 Å². The van der Waals surface area contributed by atoms with Gasteiger partial charge in [-0.1, -0.05) is 190 Å². The Labute approximate surface area is 372 Å². The van der Waals surface area contributed by atoms with E-state index in [9.17, 15) is 0 Å². The van der Waals surface area contributed by atoms with E-state index in [2.05, 4.69) is 220 Å². The minimum atomic E-state index is -0.0943. The van der Waals surface area contributed by atoms with Crippen molar-refractivity contribution in [1.29, 1.82) is 0 Å². The first kappa shape index (κ1) is 37.5. The lowest BCUT2D eigenvalue weighted by molar-refractivity contribution is 0.660. The third-order valence-electron chi connectivity index (χ3n) is 13.0. The summed E-state index contributed by atoms with van der Waals surface area (Å²) in [6.45, 7) is 4.61. The van der Waals surface area contributed by atoms with Crippen molar-refractivity contribution >= 4 is 21.9 Å². The molecule has 0 aliphatic heterocycles. The Morgan fingerprint density at radius 3 is 1.53 bits per heavy atom. The quantitative estimate of drug-likeness (QED) is 0.161. The second-order valence-corrected chi connectivity index (χ2v) is 17.2. The zero-order chi connectivity index (χ0) is 42.8. The molecule has 0 unspecified atom stereocenters. The smallest absolute Gasteiger partial charge is 0.164 e. The van der Waals surface area contributed by atoms with Gasteiger partial charge in [-0.05, 0) is 103 Å². The van der Waals surface area contributed by atoms with Crippen molar-refractivity contribution in [2.45, 2.75) is 19.3 Å². The maximum absolute atomic E-state index is 6.61. The van der Waals surface area contributed by atoms with Gasteiger partial charge in [-0.2, -0.15) is 0 Å². The summed E-state index contributed by atoms with van der Waals surface area (Å²) >= 11 is 0. The van der Waals surface area contributed by atoms with Crippen LogP contribution in [0.4, 0.5) is 0 Å². The topological polar surface area (TPSA) is 51.8 Å². The largest absolute Gasteiger partial charge is 0.456 e. The van der Waals surface area contributed by atoms with Gasteiger partial charge in [-0.25, -0.2) is 15.0 Å². The number of hydrogen-bond donors (Lipinski definition) is 0. The molecule has 4 heteroatoms. The van der Waals surface area contributed by atoms with E-state index in [0.29, 0.717) is 17.5 Å². The Bertz CT molecular complexity index is 3570. The Morgan fingerprint density at radius 2 is 0.781 bits per heavy atom. The second-order valence-electron chi connectivity index (χ2n) is 17.2. The first-order chi connectivity index (χ1) is 31.4. The van der Waals surface area contributed by atoms with Crippen molar-refractivity contribution in [3.05, 3.63) is 223 Å². The molecular weight excluding hydrogens is 779 g/mol. The molecule has 0 saturated carbocycles. The SMILES string of the molecule is CC1(C)c2ccccc2-c2cc(-c3nc(-c4ccc(-c5ccccc5)cc4)nc(-c4cccc(-c5ccc6c(c5)oc5cccc(-c7cccc(-c8ccccc8)c7)c56)c4)n3)ccc21. The van der Waals surface area contributed by atoms with E-state index < -0.39 is 0 Å². The highest BCUT2D eigenvalue weighted by Gasteiger charge is 2.35. The summed E-state index contributed by atoms with van der Waals surface area (Å²) in [5.74, 6) is 1.87. The van der Waals surface area contributed by atoms with E-state index in [1.807, 2.05) is 6.07 Å². The molecule has 0 fully saturated rings. The highest BCUT2D eigenvalue weighted by atomic mass is 16.3. The molecule has 0 saturated heterocycles. The standard InChI is InChI=1S/C60H41N3O/c1-60(2)52-24-10-9-22-49(52)51-36-47(31-33-53(51)60)59-62-57(41-28-26-40(27-29-41)38-14-5-3-6-15-38)61-58(63-59)46-21-12-19-43(35-46)44-30-32-50-55(37-44)64-54-25-13-23-48(56(50)54)45-20-11-18-42(34-45)39-16-7-4-8-17-39/h3-37H,1-2H3. The van der Waals surface area contributed by atoms with Crippen LogP contribution in [0.5, 0.6) is 0 Å². The third-order valence-corrected chi connectivity index (χ3v) is 13.0. The maximum atomic E-state index is 6.61. The normalized spacial score (nSPS) is 12.7. The zero-order valence-electron chi connectivity index (χ0n) is 35.5. The Balaban J connectivity index is 0.946. The summed E-state index contributed by atoms with van der Waals surface area (Å²) in [5.41, 5.74) is 18.6. The molecule has 1 aliphatic carbocycles. The van der Waals surface area contributed by atoms with Crippen LogP contribution in [0.3, 0.4) is 0 Å². The van der Waals surface area contributed by atoms with Gasteiger partial charge in [0.1, 0.15) is 11.2 Å². The zero-order valence-corrected chi connectivity index (χ0v) is 35.5. The van der Waals surface area contributed by atoms with Gasteiger partial charge in [0, 0.05) is 32.9 Å². The predicted octanol–water partition coefficient (Wildman–Crippen LogP) is 15.7. The average Bonchev–Trinajstić information content (AvgIpc) is 3.85. The number of fused-ring (bicyclic) bond motifs is 6. The van der Waals surface area contributed by atoms with Crippen LogP contribution < -0.4 is 0 Å². The van der Waals surface area contributed by atoms with E-state index in [1.54, 1.807) is 0 Å². The van der Waals surface area contributed by atoms with Gasteiger partial charge in [-0.3, -0.25) is 0 Å². The molecule has 4 nitrogen and oxygen atoms in total. The van der Waals surface area contributed by atoms with Crippen LogP contribution in [0.25, 0.3) is 112 Å². The van der Waals surface area contributed by atoms with Crippen LogP contribution in [0, 0.1) is 0 Å². The molecule has 0 amide bonds. The monoisotopic (exact) mass is 819 g/mol. The minimum Gasteiger partial charge on any atom is -0.456 e. The van der Waals surface area contributed by atoms with E-state index in [4.69, 9.17) is 19.4 Å². The van der Waals surface area contributed by atoms with Crippen molar-refractivity contribution < 1.29 is 4.42 Å². The molecule has 2 aromatic heterocycles. The van der Waals surface area contributed by atoms with Gasteiger partial charge in [0.2, 0.25) is 0 Å². The van der Waals surface area contributed by atoms with Gasteiger partial charge >= 0.3 is 0 Å². The molecule has 302 valence electrons. The molecule has 1 aliphatic rings. The highest BCUT2D eigenvalue weighted by molar-refractivity contribution is 6.13. The number of hydrogen-bond acceptors (Lipinski definition) is 4. The maximum Gasteiger partial charge on any atom is 0.164 e. The fourth-order valence-electron chi connectivity index (χ4n) is 9.65. The van der Waals surface area contributed by atoms with Crippen LogP contribution in [-0.4, -0.2) is 15.0 Å². The summed E-state index contributed by atoms with van der Waals surface area (Å²) in [6, 6.07) is 75.0. The van der Waals surface area contributed by atoms with Crippen LogP contribution in [0.15, 0.2) is 217 Å². The first-order valence-electron chi connectivity index (χ1n) is 21.8. The van der Waals surface area contributed by atoms with Gasteiger partial charge in [0.15, 0.2) is 17.5 Å². The van der Waals surface area contributed by atoms with E-state index in [1.165, 1.54) is 38.9 Å². The van der Waals surface area contributed by atoms with Crippen LogP contribution >= 0.6 is 0 Å². The van der Waals surface area contributed by atoms with E-state index >= 15 is 0 Å². The molecule has 9 aromatic carbocycles. The molecule has 0 N–H and O–H groups in total.